The molecule has 0 saturated carbocycles. The zero-order valence-corrected chi connectivity index (χ0v) is 10.5. The number of hydrogen-bond donors (Lipinski definition) is 3. The van der Waals surface area contributed by atoms with Gasteiger partial charge in [0, 0.05) is 25.0 Å². The first kappa shape index (κ1) is 13.2. The number of rotatable bonds is 7. The molecule has 0 aliphatic carbocycles. The number of aromatic nitrogens is 2. The molecule has 92 valence electrons. The van der Waals surface area contributed by atoms with Gasteiger partial charge in [0.05, 0.1) is 5.60 Å². The molecule has 0 amide bonds. The SMILES string of the molecule is CC(C)CCC(C)(O)CNCc1ccn[nH]1. The molecule has 1 rings (SSSR count). The van der Waals surface area contributed by atoms with Crippen LogP contribution >= 0.6 is 0 Å². The lowest BCUT2D eigenvalue weighted by Gasteiger charge is -2.24. The van der Waals surface area contributed by atoms with Gasteiger partial charge in [0.15, 0.2) is 0 Å². The highest BCUT2D eigenvalue weighted by Gasteiger charge is 2.19. The Bertz CT molecular complexity index is 280. The van der Waals surface area contributed by atoms with Crippen LogP contribution in [0.4, 0.5) is 0 Å². The summed E-state index contributed by atoms with van der Waals surface area (Å²) < 4.78 is 0. The van der Waals surface area contributed by atoms with Crippen LogP contribution in [0.15, 0.2) is 12.3 Å². The third-order valence-corrected chi connectivity index (χ3v) is 2.64. The van der Waals surface area contributed by atoms with Crippen molar-refractivity contribution in [1.82, 2.24) is 15.5 Å². The average Bonchev–Trinajstić information content (AvgIpc) is 2.68. The smallest absolute Gasteiger partial charge is 0.0743 e. The molecule has 1 atom stereocenters. The second-order valence-corrected chi connectivity index (χ2v) is 5.11. The van der Waals surface area contributed by atoms with Crippen LogP contribution < -0.4 is 5.32 Å². The third-order valence-electron chi connectivity index (χ3n) is 2.64. The number of nitrogens with zero attached hydrogens (tertiary/aromatic N) is 1. The second kappa shape index (κ2) is 6.01. The van der Waals surface area contributed by atoms with Crippen LogP contribution in [-0.4, -0.2) is 27.4 Å². The van der Waals surface area contributed by atoms with Crippen molar-refractivity contribution < 1.29 is 5.11 Å². The Kier molecular flexibility index (Phi) is 4.96. The Morgan fingerprint density at radius 2 is 2.31 bits per heavy atom. The van der Waals surface area contributed by atoms with Crippen LogP contribution in [0.2, 0.25) is 0 Å². The molecule has 0 radical (unpaired) electrons. The maximum Gasteiger partial charge on any atom is 0.0743 e. The van der Waals surface area contributed by atoms with Gasteiger partial charge in [-0.05, 0) is 31.7 Å². The van der Waals surface area contributed by atoms with Crippen molar-refractivity contribution in [1.29, 1.82) is 0 Å². The first-order chi connectivity index (χ1) is 7.49. The normalized spacial score (nSPS) is 15.3. The second-order valence-electron chi connectivity index (χ2n) is 5.11. The first-order valence-corrected chi connectivity index (χ1v) is 5.91. The molecular formula is C12H23N3O. The summed E-state index contributed by atoms with van der Waals surface area (Å²) in [5.41, 5.74) is 0.421. The Morgan fingerprint density at radius 3 is 2.88 bits per heavy atom. The molecule has 3 N–H and O–H groups in total. The van der Waals surface area contributed by atoms with Gasteiger partial charge in [-0.1, -0.05) is 13.8 Å². The van der Waals surface area contributed by atoms with Crippen LogP contribution in [0.25, 0.3) is 0 Å². The molecular weight excluding hydrogens is 202 g/mol. The van der Waals surface area contributed by atoms with E-state index in [-0.39, 0.29) is 0 Å². The molecule has 0 spiro atoms. The van der Waals surface area contributed by atoms with E-state index in [1.165, 1.54) is 0 Å². The fourth-order valence-electron chi connectivity index (χ4n) is 1.54. The zero-order valence-electron chi connectivity index (χ0n) is 10.5. The van der Waals surface area contributed by atoms with Crippen molar-refractivity contribution in [2.24, 2.45) is 5.92 Å². The van der Waals surface area contributed by atoms with Gasteiger partial charge in [0.25, 0.3) is 0 Å². The number of nitrogens with one attached hydrogen (secondary N) is 2. The molecule has 4 heteroatoms. The van der Waals surface area contributed by atoms with E-state index in [4.69, 9.17) is 0 Å². The predicted octanol–water partition coefficient (Wildman–Crippen LogP) is 1.69. The van der Waals surface area contributed by atoms with E-state index in [1.807, 2.05) is 13.0 Å². The molecule has 1 aromatic rings. The Hall–Kier alpha value is -0.870. The average molecular weight is 225 g/mol. The van der Waals surface area contributed by atoms with E-state index >= 15 is 0 Å². The van der Waals surface area contributed by atoms with Gasteiger partial charge in [0.2, 0.25) is 0 Å². The first-order valence-electron chi connectivity index (χ1n) is 5.91. The van der Waals surface area contributed by atoms with Gasteiger partial charge in [-0.2, -0.15) is 5.10 Å². The van der Waals surface area contributed by atoms with Crippen LogP contribution in [0.1, 0.15) is 39.3 Å². The molecule has 0 aromatic carbocycles. The minimum atomic E-state index is -0.621. The molecule has 0 bridgehead atoms. The quantitative estimate of drug-likeness (QED) is 0.661. The summed E-state index contributed by atoms with van der Waals surface area (Å²) in [5, 5.41) is 20.1. The van der Waals surface area contributed by atoms with Gasteiger partial charge in [0.1, 0.15) is 0 Å². The van der Waals surface area contributed by atoms with Crippen molar-refractivity contribution in [3.63, 3.8) is 0 Å². The molecule has 1 aromatic heterocycles. The molecule has 1 unspecified atom stereocenters. The van der Waals surface area contributed by atoms with Crippen molar-refractivity contribution in [3.8, 4) is 0 Å². The van der Waals surface area contributed by atoms with Gasteiger partial charge in [-0.3, -0.25) is 5.10 Å². The van der Waals surface area contributed by atoms with Crippen molar-refractivity contribution in [2.75, 3.05) is 6.54 Å². The summed E-state index contributed by atoms with van der Waals surface area (Å²) in [5.74, 6) is 0.638. The van der Waals surface area contributed by atoms with Crippen LogP contribution in [0.5, 0.6) is 0 Å². The lowest BCUT2D eigenvalue weighted by molar-refractivity contribution is 0.0450. The summed E-state index contributed by atoms with van der Waals surface area (Å²) in [7, 11) is 0. The minimum Gasteiger partial charge on any atom is -0.389 e. The van der Waals surface area contributed by atoms with Crippen LogP contribution in [-0.2, 0) is 6.54 Å². The lowest BCUT2D eigenvalue weighted by atomic mass is 9.95. The van der Waals surface area contributed by atoms with E-state index in [0.29, 0.717) is 12.5 Å². The van der Waals surface area contributed by atoms with Crippen LogP contribution in [0.3, 0.4) is 0 Å². The molecule has 16 heavy (non-hydrogen) atoms. The summed E-state index contributed by atoms with van der Waals surface area (Å²) in [6.07, 6.45) is 3.62. The fraction of sp³-hybridized carbons (Fsp3) is 0.750. The third kappa shape index (κ3) is 5.28. The molecule has 0 saturated heterocycles. The highest BCUT2D eigenvalue weighted by atomic mass is 16.3. The minimum absolute atomic E-state index is 0.610. The van der Waals surface area contributed by atoms with E-state index in [0.717, 1.165) is 25.1 Å². The summed E-state index contributed by atoms with van der Waals surface area (Å²) >= 11 is 0. The van der Waals surface area contributed by atoms with Gasteiger partial charge >= 0.3 is 0 Å². The maximum atomic E-state index is 10.1. The zero-order chi connectivity index (χ0) is 12.0. The summed E-state index contributed by atoms with van der Waals surface area (Å²) in [6, 6.07) is 1.93. The molecule has 0 fully saturated rings. The number of H-pyrrole nitrogens is 1. The van der Waals surface area contributed by atoms with Gasteiger partial charge in [-0.25, -0.2) is 0 Å². The Labute approximate surface area is 97.5 Å². The summed E-state index contributed by atoms with van der Waals surface area (Å²) in [6.45, 7) is 7.56. The van der Waals surface area contributed by atoms with E-state index in [2.05, 4.69) is 29.4 Å². The molecule has 0 aliphatic heterocycles. The van der Waals surface area contributed by atoms with E-state index in [9.17, 15) is 5.11 Å². The number of aromatic amines is 1. The van der Waals surface area contributed by atoms with E-state index in [1.54, 1.807) is 6.20 Å². The topological polar surface area (TPSA) is 60.9 Å². The molecule has 0 aliphatic rings. The van der Waals surface area contributed by atoms with Gasteiger partial charge < -0.3 is 10.4 Å². The Morgan fingerprint density at radius 1 is 1.56 bits per heavy atom. The largest absolute Gasteiger partial charge is 0.389 e. The predicted molar refractivity (Wildman–Crippen MR) is 65.0 cm³/mol. The monoisotopic (exact) mass is 225 g/mol. The molecule has 4 nitrogen and oxygen atoms in total. The van der Waals surface area contributed by atoms with Crippen molar-refractivity contribution in [2.45, 2.75) is 45.8 Å². The number of hydrogen-bond acceptors (Lipinski definition) is 3. The maximum absolute atomic E-state index is 10.1. The standard InChI is InChI=1S/C12H23N3O/c1-10(2)4-6-12(3,16)9-13-8-11-5-7-14-15-11/h5,7,10,13,16H,4,6,8-9H2,1-3H3,(H,14,15). The lowest BCUT2D eigenvalue weighted by Crippen LogP contribution is -2.37. The Balaban J connectivity index is 2.20. The number of aliphatic hydroxyl groups is 1. The van der Waals surface area contributed by atoms with Crippen molar-refractivity contribution >= 4 is 0 Å². The highest BCUT2D eigenvalue weighted by Crippen LogP contribution is 2.15. The summed E-state index contributed by atoms with van der Waals surface area (Å²) in [4.78, 5) is 0. The molecule has 1 heterocycles. The van der Waals surface area contributed by atoms with Gasteiger partial charge in [-0.15, -0.1) is 0 Å². The van der Waals surface area contributed by atoms with Crippen molar-refractivity contribution in [3.05, 3.63) is 18.0 Å². The highest BCUT2D eigenvalue weighted by molar-refractivity contribution is 4.96. The van der Waals surface area contributed by atoms with Crippen LogP contribution in [0, 0.1) is 5.92 Å². The van der Waals surface area contributed by atoms with E-state index < -0.39 is 5.60 Å². The fourth-order valence-corrected chi connectivity index (χ4v) is 1.54.